The number of amidine groups is 1. The molecule has 0 aliphatic rings. The number of nitrogens with two attached hydrogens (primary N) is 1. The maximum atomic E-state index is 13.1. The van der Waals surface area contributed by atoms with Crippen LogP contribution < -0.4 is 11.3 Å². The first-order valence-corrected chi connectivity index (χ1v) is 6.02. The van der Waals surface area contributed by atoms with Crippen LogP contribution in [-0.4, -0.2) is 15.6 Å². The van der Waals surface area contributed by atoms with Crippen molar-refractivity contribution in [1.29, 1.82) is 0 Å². The highest BCUT2D eigenvalue weighted by Crippen LogP contribution is 2.16. The summed E-state index contributed by atoms with van der Waals surface area (Å²) >= 11 is 5.69. The van der Waals surface area contributed by atoms with E-state index in [-0.39, 0.29) is 23.0 Å². The van der Waals surface area contributed by atoms with Gasteiger partial charge >= 0.3 is 0 Å². The Kier molecular flexibility index (Phi) is 4.05. The minimum absolute atomic E-state index is 0.0110. The van der Waals surface area contributed by atoms with Gasteiger partial charge in [-0.1, -0.05) is 22.8 Å². The number of oxime groups is 1. The number of rotatable bonds is 3. The molecule has 7 heteroatoms. The molecule has 0 saturated carbocycles. The average molecular weight is 296 g/mol. The molecule has 2 rings (SSSR count). The van der Waals surface area contributed by atoms with E-state index in [9.17, 15) is 9.18 Å². The van der Waals surface area contributed by atoms with Crippen molar-refractivity contribution in [3.05, 3.63) is 68.8 Å². The van der Waals surface area contributed by atoms with E-state index in [1.54, 1.807) is 12.3 Å². The highest BCUT2D eigenvalue weighted by Gasteiger charge is 2.08. The van der Waals surface area contributed by atoms with E-state index in [1.165, 1.54) is 28.8 Å². The number of halogens is 2. The molecule has 0 spiro atoms. The lowest BCUT2D eigenvalue weighted by molar-refractivity contribution is 0.318. The predicted molar refractivity (Wildman–Crippen MR) is 73.7 cm³/mol. The summed E-state index contributed by atoms with van der Waals surface area (Å²) in [6.07, 6.45) is 1.55. The van der Waals surface area contributed by atoms with Crippen molar-refractivity contribution in [2.45, 2.75) is 6.54 Å². The zero-order chi connectivity index (χ0) is 14.7. The largest absolute Gasteiger partial charge is 0.409 e. The molecule has 0 atom stereocenters. The Morgan fingerprint density at radius 1 is 1.45 bits per heavy atom. The fraction of sp³-hybridized carbons (Fsp3) is 0.0769. The number of aromatic nitrogens is 1. The monoisotopic (exact) mass is 295 g/mol. The van der Waals surface area contributed by atoms with Gasteiger partial charge in [-0.05, 0) is 29.8 Å². The van der Waals surface area contributed by atoms with Gasteiger partial charge in [0.15, 0.2) is 5.84 Å². The summed E-state index contributed by atoms with van der Waals surface area (Å²) in [5, 5.41) is 11.4. The molecule has 1 aromatic carbocycles. The summed E-state index contributed by atoms with van der Waals surface area (Å²) in [6.45, 7) is 0.200. The summed E-state index contributed by atoms with van der Waals surface area (Å²) in [7, 11) is 0. The number of benzene rings is 1. The molecule has 0 amide bonds. The number of pyridine rings is 1. The molecule has 3 N–H and O–H groups in total. The Morgan fingerprint density at radius 3 is 2.85 bits per heavy atom. The molecule has 1 heterocycles. The third-order valence-electron chi connectivity index (χ3n) is 2.74. The van der Waals surface area contributed by atoms with Gasteiger partial charge in [0, 0.05) is 6.20 Å². The lowest BCUT2D eigenvalue weighted by Gasteiger charge is -2.08. The fourth-order valence-corrected chi connectivity index (χ4v) is 1.95. The SMILES string of the molecule is N/C(=N/O)c1cccn(Cc2ccc(F)c(Cl)c2)c1=O. The van der Waals surface area contributed by atoms with E-state index in [2.05, 4.69) is 5.16 Å². The minimum atomic E-state index is -0.520. The van der Waals surface area contributed by atoms with Crippen LogP contribution in [0.15, 0.2) is 46.5 Å². The number of hydrogen-bond acceptors (Lipinski definition) is 3. The first kappa shape index (κ1) is 14.1. The molecule has 0 bridgehead atoms. The molecular weight excluding hydrogens is 285 g/mol. The summed E-state index contributed by atoms with van der Waals surface area (Å²) in [5.41, 5.74) is 5.75. The highest BCUT2D eigenvalue weighted by atomic mass is 35.5. The van der Waals surface area contributed by atoms with Gasteiger partial charge in [0.1, 0.15) is 5.82 Å². The Morgan fingerprint density at radius 2 is 2.20 bits per heavy atom. The van der Waals surface area contributed by atoms with Crippen LogP contribution in [0, 0.1) is 5.82 Å². The van der Waals surface area contributed by atoms with E-state index >= 15 is 0 Å². The summed E-state index contributed by atoms with van der Waals surface area (Å²) < 4.78 is 14.4. The standard InChI is InChI=1S/C13H11ClFN3O2/c14-10-6-8(3-4-11(10)15)7-18-5-1-2-9(13(18)19)12(16)17-20/h1-6,20H,7H2,(H2,16,17). The molecular formula is C13H11ClFN3O2. The molecule has 1 aromatic heterocycles. The third kappa shape index (κ3) is 2.80. The molecule has 0 aliphatic heterocycles. The number of hydrogen-bond donors (Lipinski definition) is 2. The number of nitrogens with zero attached hydrogens (tertiary/aromatic N) is 2. The van der Waals surface area contributed by atoms with E-state index in [1.807, 2.05) is 0 Å². The van der Waals surface area contributed by atoms with Crippen LogP contribution in [0.2, 0.25) is 5.02 Å². The normalized spacial score (nSPS) is 11.6. The Hall–Kier alpha value is -2.34. The first-order chi connectivity index (χ1) is 9.52. The zero-order valence-corrected chi connectivity index (χ0v) is 11.0. The van der Waals surface area contributed by atoms with E-state index in [0.717, 1.165) is 0 Å². The Labute approximate surface area is 118 Å². The van der Waals surface area contributed by atoms with Crippen LogP contribution in [0.1, 0.15) is 11.1 Å². The fourth-order valence-electron chi connectivity index (χ4n) is 1.74. The first-order valence-electron chi connectivity index (χ1n) is 5.64. The molecule has 5 nitrogen and oxygen atoms in total. The lowest BCUT2D eigenvalue weighted by Crippen LogP contribution is -2.29. The minimum Gasteiger partial charge on any atom is -0.409 e. The van der Waals surface area contributed by atoms with Crippen molar-refractivity contribution in [1.82, 2.24) is 4.57 Å². The second-order valence-corrected chi connectivity index (χ2v) is 4.50. The van der Waals surface area contributed by atoms with Crippen molar-refractivity contribution < 1.29 is 9.60 Å². The predicted octanol–water partition coefficient (Wildman–Crippen LogP) is 1.78. The molecule has 0 aliphatic carbocycles. The van der Waals surface area contributed by atoms with Gasteiger partial charge < -0.3 is 15.5 Å². The molecule has 0 saturated heterocycles. The van der Waals surface area contributed by atoms with E-state index in [4.69, 9.17) is 22.5 Å². The zero-order valence-electron chi connectivity index (χ0n) is 10.3. The van der Waals surface area contributed by atoms with Crippen molar-refractivity contribution >= 4 is 17.4 Å². The van der Waals surface area contributed by atoms with Crippen molar-refractivity contribution in [3.63, 3.8) is 0 Å². The molecule has 0 fully saturated rings. The van der Waals surface area contributed by atoms with Gasteiger partial charge in [0.25, 0.3) is 5.56 Å². The van der Waals surface area contributed by atoms with Gasteiger partial charge in [-0.15, -0.1) is 0 Å². The summed E-state index contributed by atoms with van der Waals surface area (Å²) in [6, 6.07) is 7.25. The third-order valence-corrected chi connectivity index (χ3v) is 3.03. The lowest BCUT2D eigenvalue weighted by atomic mass is 10.2. The van der Waals surface area contributed by atoms with Crippen LogP contribution in [0.25, 0.3) is 0 Å². The molecule has 2 aromatic rings. The highest BCUT2D eigenvalue weighted by molar-refractivity contribution is 6.30. The molecule has 20 heavy (non-hydrogen) atoms. The second kappa shape index (κ2) is 5.75. The van der Waals surface area contributed by atoms with Crippen molar-refractivity contribution in [2.75, 3.05) is 0 Å². The van der Waals surface area contributed by atoms with Crippen molar-refractivity contribution in [3.8, 4) is 0 Å². The molecule has 104 valence electrons. The van der Waals surface area contributed by atoms with Crippen LogP contribution in [-0.2, 0) is 6.54 Å². The van der Waals surface area contributed by atoms with Crippen LogP contribution in [0.4, 0.5) is 4.39 Å². The summed E-state index contributed by atoms with van der Waals surface area (Å²) in [5.74, 6) is -0.783. The van der Waals surface area contributed by atoms with Crippen molar-refractivity contribution in [2.24, 2.45) is 10.9 Å². The van der Waals surface area contributed by atoms with Crippen LogP contribution >= 0.6 is 11.6 Å². The van der Waals surface area contributed by atoms with Gasteiger partial charge in [0.2, 0.25) is 0 Å². The van der Waals surface area contributed by atoms with Crippen LogP contribution in [0.3, 0.4) is 0 Å². The summed E-state index contributed by atoms with van der Waals surface area (Å²) in [4.78, 5) is 12.1. The quantitative estimate of drug-likeness (QED) is 0.392. The average Bonchev–Trinajstić information content (AvgIpc) is 2.44. The Bertz CT molecular complexity index is 728. The van der Waals surface area contributed by atoms with E-state index in [0.29, 0.717) is 5.56 Å². The topological polar surface area (TPSA) is 80.6 Å². The van der Waals surface area contributed by atoms with Gasteiger partial charge in [0.05, 0.1) is 17.1 Å². The van der Waals surface area contributed by atoms with Gasteiger partial charge in [-0.2, -0.15) is 0 Å². The second-order valence-electron chi connectivity index (χ2n) is 4.09. The smallest absolute Gasteiger partial charge is 0.261 e. The maximum Gasteiger partial charge on any atom is 0.261 e. The molecule has 0 unspecified atom stereocenters. The Balaban J connectivity index is 2.39. The van der Waals surface area contributed by atoms with E-state index < -0.39 is 11.4 Å². The molecule has 0 radical (unpaired) electrons. The van der Waals surface area contributed by atoms with Gasteiger partial charge in [-0.25, -0.2) is 4.39 Å². The van der Waals surface area contributed by atoms with Crippen LogP contribution in [0.5, 0.6) is 0 Å². The van der Waals surface area contributed by atoms with Gasteiger partial charge in [-0.3, -0.25) is 4.79 Å². The maximum absolute atomic E-state index is 13.1.